The van der Waals surface area contributed by atoms with Crippen LogP contribution in [-0.4, -0.2) is 28.3 Å². The van der Waals surface area contributed by atoms with Crippen LogP contribution in [0.1, 0.15) is 57.9 Å². The van der Waals surface area contributed by atoms with Crippen LogP contribution < -0.4 is 5.32 Å². The average Bonchev–Trinajstić information content (AvgIpc) is 2.58. The minimum Gasteiger partial charge on any atom is -0.342 e. The number of benzene rings is 1. The van der Waals surface area contributed by atoms with Crippen LogP contribution in [0.2, 0.25) is 0 Å². The molecule has 0 aromatic heterocycles. The molecule has 1 aliphatic carbocycles. The highest BCUT2D eigenvalue weighted by atomic mass is 16.2. The molecule has 24 heavy (non-hydrogen) atoms. The van der Waals surface area contributed by atoms with Gasteiger partial charge in [-0.3, -0.25) is 9.59 Å². The van der Waals surface area contributed by atoms with E-state index < -0.39 is 5.54 Å². The number of carbonyl (C=O) groups excluding carboxylic acids is 2. The monoisotopic (exact) mass is 328 g/mol. The maximum atomic E-state index is 13.2. The van der Waals surface area contributed by atoms with E-state index in [2.05, 4.69) is 19.2 Å². The van der Waals surface area contributed by atoms with Crippen LogP contribution >= 0.6 is 0 Å². The minimum atomic E-state index is -0.640. The van der Waals surface area contributed by atoms with Crippen LogP contribution in [0, 0.1) is 5.92 Å². The van der Waals surface area contributed by atoms with E-state index >= 15 is 0 Å². The van der Waals surface area contributed by atoms with Crippen molar-refractivity contribution in [1.82, 2.24) is 10.2 Å². The maximum absolute atomic E-state index is 13.2. The standard InChI is InChI=1S/C20H28N2O2/c1-15(2)13-17-18(23)22(14-16-9-5-3-6-10-16)20(19(24)21-17)11-7-4-8-12-20/h3,5-6,9-10,15,17H,4,7-8,11-14H2,1-2H3,(H,21,24). The summed E-state index contributed by atoms with van der Waals surface area (Å²) in [5.74, 6) is 0.524. The molecule has 1 aliphatic heterocycles. The smallest absolute Gasteiger partial charge is 0.246 e. The van der Waals surface area contributed by atoms with E-state index in [0.717, 1.165) is 37.7 Å². The van der Waals surface area contributed by atoms with E-state index in [-0.39, 0.29) is 17.9 Å². The van der Waals surface area contributed by atoms with Gasteiger partial charge in [-0.1, -0.05) is 63.4 Å². The van der Waals surface area contributed by atoms with Gasteiger partial charge < -0.3 is 10.2 Å². The summed E-state index contributed by atoms with van der Waals surface area (Å²) < 4.78 is 0. The van der Waals surface area contributed by atoms with Crippen molar-refractivity contribution < 1.29 is 9.59 Å². The van der Waals surface area contributed by atoms with Crippen molar-refractivity contribution in [2.45, 2.75) is 70.5 Å². The summed E-state index contributed by atoms with van der Waals surface area (Å²) in [6, 6.07) is 9.65. The lowest BCUT2D eigenvalue weighted by atomic mass is 9.76. The first-order valence-corrected chi connectivity index (χ1v) is 9.19. The number of rotatable bonds is 4. The van der Waals surface area contributed by atoms with Gasteiger partial charge >= 0.3 is 0 Å². The summed E-state index contributed by atoms with van der Waals surface area (Å²) in [5, 5.41) is 3.04. The number of nitrogens with zero attached hydrogens (tertiary/aromatic N) is 1. The van der Waals surface area contributed by atoms with Crippen LogP contribution in [-0.2, 0) is 16.1 Å². The highest BCUT2D eigenvalue weighted by Crippen LogP contribution is 2.38. The Bertz CT molecular complexity index is 591. The van der Waals surface area contributed by atoms with Crippen LogP contribution in [0.25, 0.3) is 0 Å². The summed E-state index contributed by atoms with van der Waals surface area (Å²) >= 11 is 0. The molecule has 1 unspecified atom stereocenters. The van der Waals surface area contributed by atoms with Gasteiger partial charge in [0.15, 0.2) is 0 Å². The van der Waals surface area contributed by atoms with Crippen LogP contribution in [0.3, 0.4) is 0 Å². The molecule has 130 valence electrons. The fourth-order valence-electron chi connectivity index (χ4n) is 4.14. The van der Waals surface area contributed by atoms with Crippen molar-refractivity contribution >= 4 is 11.8 Å². The molecule has 2 amide bonds. The molecule has 1 aromatic carbocycles. The van der Waals surface area contributed by atoms with Crippen molar-refractivity contribution in [2.75, 3.05) is 0 Å². The molecule has 0 bridgehead atoms. The Hall–Kier alpha value is -1.84. The molecule has 1 saturated heterocycles. The second kappa shape index (κ2) is 6.96. The first-order chi connectivity index (χ1) is 11.5. The number of hydrogen-bond acceptors (Lipinski definition) is 2. The molecule has 1 saturated carbocycles. The molecule has 0 radical (unpaired) electrons. The third-order valence-corrected chi connectivity index (χ3v) is 5.38. The zero-order valence-corrected chi connectivity index (χ0v) is 14.8. The lowest BCUT2D eigenvalue weighted by molar-refractivity contribution is -0.161. The van der Waals surface area contributed by atoms with Crippen molar-refractivity contribution in [3.63, 3.8) is 0 Å². The zero-order valence-electron chi connectivity index (χ0n) is 14.8. The Balaban J connectivity index is 1.92. The lowest BCUT2D eigenvalue weighted by Crippen LogP contribution is -2.70. The van der Waals surface area contributed by atoms with E-state index in [1.807, 2.05) is 35.2 Å². The summed E-state index contributed by atoms with van der Waals surface area (Å²) in [6.07, 6.45) is 5.45. The Morgan fingerprint density at radius 1 is 1.12 bits per heavy atom. The van der Waals surface area contributed by atoms with E-state index in [1.54, 1.807) is 0 Å². The molecular weight excluding hydrogens is 300 g/mol. The van der Waals surface area contributed by atoms with Crippen molar-refractivity contribution in [2.24, 2.45) is 5.92 Å². The third-order valence-electron chi connectivity index (χ3n) is 5.38. The highest BCUT2D eigenvalue weighted by Gasteiger charge is 2.52. The molecule has 2 fully saturated rings. The van der Waals surface area contributed by atoms with Crippen molar-refractivity contribution in [3.05, 3.63) is 35.9 Å². The average molecular weight is 328 g/mol. The molecule has 1 atom stereocenters. The van der Waals surface area contributed by atoms with Gasteiger partial charge in [0.25, 0.3) is 0 Å². The molecule has 1 aromatic rings. The molecule has 1 spiro atoms. The number of hydrogen-bond donors (Lipinski definition) is 1. The van der Waals surface area contributed by atoms with Gasteiger partial charge in [-0.2, -0.15) is 0 Å². The van der Waals surface area contributed by atoms with Gasteiger partial charge in [0.05, 0.1) is 0 Å². The maximum Gasteiger partial charge on any atom is 0.246 e. The van der Waals surface area contributed by atoms with Crippen molar-refractivity contribution in [3.8, 4) is 0 Å². The van der Waals surface area contributed by atoms with Crippen LogP contribution in [0.15, 0.2) is 30.3 Å². The number of carbonyl (C=O) groups is 2. The second-order valence-corrected chi connectivity index (χ2v) is 7.66. The zero-order chi connectivity index (χ0) is 17.2. The molecule has 4 heteroatoms. The minimum absolute atomic E-state index is 0.0587. The Morgan fingerprint density at radius 3 is 2.42 bits per heavy atom. The van der Waals surface area contributed by atoms with Gasteiger partial charge in [-0.25, -0.2) is 0 Å². The first kappa shape index (κ1) is 17.0. The second-order valence-electron chi connectivity index (χ2n) is 7.66. The summed E-state index contributed by atoms with van der Waals surface area (Å²) in [7, 11) is 0. The summed E-state index contributed by atoms with van der Waals surface area (Å²) in [4.78, 5) is 28.1. The van der Waals surface area contributed by atoms with Crippen LogP contribution in [0.5, 0.6) is 0 Å². The third kappa shape index (κ3) is 3.19. The predicted octanol–water partition coefficient (Wildman–Crippen LogP) is 3.26. The van der Waals surface area contributed by atoms with E-state index in [0.29, 0.717) is 18.9 Å². The fourth-order valence-corrected chi connectivity index (χ4v) is 4.14. The summed E-state index contributed by atoms with van der Waals surface area (Å²) in [6.45, 7) is 4.71. The van der Waals surface area contributed by atoms with Gasteiger partial charge in [0.1, 0.15) is 11.6 Å². The number of nitrogens with one attached hydrogen (secondary N) is 1. The largest absolute Gasteiger partial charge is 0.342 e. The quantitative estimate of drug-likeness (QED) is 0.922. The Kier molecular flexibility index (Phi) is 4.93. The van der Waals surface area contributed by atoms with E-state index in [9.17, 15) is 9.59 Å². The fraction of sp³-hybridized carbons (Fsp3) is 0.600. The topological polar surface area (TPSA) is 49.4 Å². The predicted molar refractivity (Wildman–Crippen MR) is 94.2 cm³/mol. The van der Waals surface area contributed by atoms with Crippen molar-refractivity contribution in [1.29, 1.82) is 0 Å². The molecule has 3 rings (SSSR count). The first-order valence-electron chi connectivity index (χ1n) is 9.19. The highest BCUT2D eigenvalue weighted by molar-refractivity contribution is 5.99. The lowest BCUT2D eigenvalue weighted by Gasteiger charge is -2.50. The van der Waals surface area contributed by atoms with Gasteiger partial charge in [0.2, 0.25) is 11.8 Å². The number of amides is 2. The Labute approximate surface area is 144 Å². The van der Waals surface area contributed by atoms with Gasteiger partial charge in [0, 0.05) is 6.54 Å². The molecular formula is C20H28N2O2. The molecule has 4 nitrogen and oxygen atoms in total. The van der Waals surface area contributed by atoms with Crippen LogP contribution in [0.4, 0.5) is 0 Å². The summed E-state index contributed by atoms with van der Waals surface area (Å²) in [5.41, 5.74) is 0.451. The normalized spacial score (nSPS) is 23.6. The van der Waals surface area contributed by atoms with E-state index in [1.165, 1.54) is 0 Å². The Morgan fingerprint density at radius 2 is 1.79 bits per heavy atom. The van der Waals surface area contributed by atoms with Gasteiger partial charge in [-0.05, 0) is 30.7 Å². The van der Waals surface area contributed by atoms with E-state index in [4.69, 9.17) is 0 Å². The van der Waals surface area contributed by atoms with Gasteiger partial charge in [-0.15, -0.1) is 0 Å². The SMILES string of the molecule is CC(C)CC1NC(=O)C2(CCCCC2)N(Cc2ccccc2)C1=O. The molecule has 1 N–H and O–H groups in total. The molecule has 1 heterocycles. The number of piperazine rings is 1. The molecule has 2 aliphatic rings.